The van der Waals surface area contributed by atoms with Crippen LogP contribution in [0.3, 0.4) is 0 Å². The molecule has 2 aliphatic rings. The fraction of sp³-hybridized carbons (Fsp3) is 0.235. The van der Waals surface area contributed by atoms with Gasteiger partial charge in [0, 0.05) is 30.1 Å². The van der Waals surface area contributed by atoms with Crippen LogP contribution in [0.4, 0.5) is 5.95 Å². The molecule has 2 aromatic rings. The summed E-state index contributed by atoms with van der Waals surface area (Å²) in [5.74, 6) is 0.234. The van der Waals surface area contributed by atoms with Crippen molar-refractivity contribution < 1.29 is 4.79 Å². The molecule has 0 saturated heterocycles. The quantitative estimate of drug-likeness (QED) is 0.853. The number of ketones is 1. The van der Waals surface area contributed by atoms with Crippen molar-refractivity contribution in [2.45, 2.75) is 25.2 Å². The van der Waals surface area contributed by atoms with Crippen molar-refractivity contribution in [2.75, 3.05) is 4.90 Å². The van der Waals surface area contributed by atoms with Crippen LogP contribution in [-0.2, 0) is 4.79 Å². The fourth-order valence-corrected chi connectivity index (χ4v) is 3.52. The molecule has 0 amide bonds. The lowest BCUT2D eigenvalue weighted by Crippen LogP contribution is -2.39. The van der Waals surface area contributed by atoms with Crippen LogP contribution in [-0.4, -0.2) is 25.9 Å². The maximum Gasteiger partial charge on any atom is 0.231 e. The molecular formula is C17H15N7O. The highest BCUT2D eigenvalue weighted by molar-refractivity contribution is 6.01. The molecule has 0 radical (unpaired) electrons. The Labute approximate surface area is 143 Å². The zero-order valence-corrected chi connectivity index (χ0v) is 13.3. The van der Waals surface area contributed by atoms with Crippen LogP contribution in [0.2, 0.25) is 0 Å². The van der Waals surface area contributed by atoms with Crippen molar-refractivity contribution >= 4 is 11.7 Å². The van der Waals surface area contributed by atoms with Crippen LogP contribution >= 0.6 is 0 Å². The molecule has 8 nitrogen and oxygen atoms in total. The van der Waals surface area contributed by atoms with Gasteiger partial charge in [0.15, 0.2) is 5.78 Å². The number of rotatable bonds is 2. The van der Waals surface area contributed by atoms with Crippen molar-refractivity contribution in [3.8, 4) is 6.07 Å². The summed E-state index contributed by atoms with van der Waals surface area (Å²) >= 11 is 0. The van der Waals surface area contributed by atoms with Gasteiger partial charge in [0.25, 0.3) is 0 Å². The fourth-order valence-electron chi connectivity index (χ4n) is 3.52. The second kappa shape index (κ2) is 5.87. The SMILES string of the molecule is N#CC1=C(N)N(c2ncn[nH]2)C2=C(C(=O)CCC2)C1c1ccncc1. The number of allylic oxidation sites excluding steroid dienone is 3. The Bertz CT molecular complexity index is 922. The van der Waals surface area contributed by atoms with Crippen molar-refractivity contribution in [3.05, 3.63) is 59.1 Å². The second-order valence-electron chi connectivity index (χ2n) is 5.91. The van der Waals surface area contributed by atoms with E-state index in [9.17, 15) is 10.1 Å². The number of nitrogens with one attached hydrogen (secondary N) is 1. The molecule has 4 rings (SSSR count). The van der Waals surface area contributed by atoms with E-state index in [2.05, 4.69) is 26.2 Å². The lowest BCUT2D eigenvalue weighted by molar-refractivity contribution is -0.116. The van der Waals surface area contributed by atoms with Gasteiger partial charge < -0.3 is 5.73 Å². The van der Waals surface area contributed by atoms with Gasteiger partial charge in [-0.1, -0.05) is 0 Å². The smallest absolute Gasteiger partial charge is 0.231 e. The normalized spacial score (nSPS) is 20.5. The number of hydrogen-bond donors (Lipinski definition) is 2. The van der Waals surface area contributed by atoms with E-state index in [4.69, 9.17) is 5.73 Å². The van der Waals surface area contributed by atoms with Gasteiger partial charge in [-0.15, -0.1) is 0 Å². The van der Waals surface area contributed by atoms with E-state index < -0.39 is 5.92 Å². The van der Waals surface area contributed by atoms with Crippen molar-refractivity contribution in [3.63, 3.8) is 0 Å². The third kappa shape index (κ3) is 2.29. The van der Waals surface area contributed by atoms with Crippen LogP contribution in [0.15, 0.2) is 53.5 Å². The summed E-state index contributed by atoms with van der Waals surface area (Å²) in [6.07, 6.45) is 6.55. The number of hydrogen-bond acceptors (Lipinski definition) is 7. The maximum absolute atomic E-state index is 12.8. The molecule has 1 atom stereocenters. The number of Topliss-reactive ketones (excluding diaryl/α,β-unsaturated/α-hetero) is 1. The summed E-state index contributed by atoms with van der Waals surface area (Å²) < 4.78 is 0. The van der Waals surface area contributed by atoms with Gasteiger partial charge in [-0.05, 0) is 30.5 Å². The number of anilines is 1. The Morgan fingerprint density at radius 1 is 1.32 bits per heavy atom. The second-order valence-corrected chi connectivity index (χ2v) is 5.91. The van der Waals surface area contributed by atoms with Crippen LogP contribution < -0.4 is 10.6 Å². The number of pyridine rings is 1. The Hall–Kier alpha value is -3.47. The lowest BCUT2D eigenvalue weighted by Gasteiger charge is -2.38. The minimum Gasteiger partial charge on any atom is -0.384 e. The summed E-state index contributed by atoms with van der Waals surface area (Å²) in [6, 6.07) is 5.81. The Kier molecular flexibility index (Phi) is 3.54. The molecule has 3 N–H and O–H groups in total. The highest BCUT2D eigenvalue weighted by Crippen LogP contribution is 2.45. The highest BCUT2D eigenvalue weighted by Gasteiger charge is 2.40. The highest BCUT2D eigenvalue weighted by atomic mass is 16.1. The number of carbonyl (C=O) groups excluding carboxylic acids is 1. The zero-order chi connectivity index (χ0) is 17.4. The van der Waals surface area contributed by atoms with Crippen LogP contribution in [0.5, 0.6) is 0 Å². The monoisotopic (exact) mass is 333 g/mol. The number of nitriles is 1. The summed E-state index contributed by atoms with van der Waals surface area (Å²) in [5, 5.41) is 16.4. The first-order chi connectivity index (χ1) is 12.2. The number of aromatic nitrogens is 4. The third-order valence-corrected chi connectivity index (χ3v) is 4.57. The molecule has 0 spiro atoms. The van der Waals surface area contributed by atoms with Gasteiger partial charge in [-0.2, -0.15) is 15.3 Å². The Morgan fingerprint density at radius 3 is 2.80 bits per heavy atom. The summed E-state index contributed by atoms with van der Waals surface area (Å²) in [4.78, 5) is 22.6. The van der Waals surface area contributed by atoms with E-state index in [1.165, 1.54) is 6.33 Å². The lowest BCUT2D eigenvalue weighted by atomic mass is 9.76. The maximum atomic E-state index is 12.8. The molecule has 0 aromatic carbocycles. The van der Waals surface area contributed by atoms with Crippen LogP contribution in [0.25, 0.3) is 0 Å². The van der Waals surface area contributed by atoms with Crippen LogP contribution in [0.1, 0.15) is 30.7 Å². The van der Waals surface area contributed by atoms with Crippen molar-refractivity contribution in [1.82, 2.24) is 20.2 Å². The number of aromatic amines is 1. The molecule has 3 heterocycles. The first kappa shape index (κ1) is 15.1. The van der Waals surface area contributed by atoms with E-state index in [1.807, 2.05) is 12.1 Å². The number of nitrogens with zero attached hydrogens (tertiary/aromatic N) is 5. The number of H-pyrrole nitrogens is 1. The average molecular weight is 333 g/mol. The Balaban J connectivity index is 1.98. The standard InChI is InChI=1S/C17H15N7O/c18-8-11-14(10-4-6-20-7-5-10)15-12(2-1-3-13(15)25)24(16(11)19)17-21-9-22-23-17/h4-7,9,14H,1-3,19H2,(H,21,22,23). The van der Waals surface area contributed by atoms with Gasteiger partial charge in [0.05, 0.1) is 17.6 Å². The van der Waals surface area contributed by atoms with E-state index in [1.54, 1.807) is 17.3 Å². The number of nitrogens with two attached hydrogens (primary N) is 1. The van der Waals surface area contributed by atoms with Crippen LogP contribution in [0, 0.1) is 11.3 Å². The van der Waals surface area contributed by atoms with Gasteiger partial charge in [0.1, 0.15) is 12.1 Å². The van der Waals surface area contributed by atoms with Crippen molar-refractivity contribution in [2.24, 2.45) is 5.73 Å². The molecular weight excluding hydrogens is 318 g/mol. The van der Waals surface area contributed by atoms with Gasteiger partial charge in [-0.25, -0.2) is 5.10 Å². The zero-order valence-electron chi connectivity index (χ0n) is 13.3. The molecule has 1 aliphatic carbocycles. The molecule has 8 heteroatoms. The van der Waals surface area contributed by atoms with Gasteiger partial charge in [0.2, 0.25) is 5.95 Å². The molecule has 25 heavy (non-hydrogen) atoms. The first-order valence-corrected chi connectivity index (χ1v) is 7.93. The predicted octanol–water partition coefficient (Wildman–Crippen LogP) is 1.50. The van der Waals surface area contributed by atoms with E-state index in [0.717, 1.165) is 17.7 Å². The number of carbonyl (C=O) groups is 1. The van der Waals surface area contributed by atoms with E-state index >= 15 is 0 Å². The van der Waals surface area contributed by atoms with Gasteiger partial charge in [-0.3, -0.25) is 14.7 Å². The minimum atomic E-state index is -0.477. The summed E-state index contributed by atoms with van der Waals surface area (Å²) in [6.45, 7) is 0. The van der Waals surface area contributed by atoms with Gasteiger partial charge >= 0.3 is 0 Å². The predicted molar refractivity (Wildman–Crippen MR) is 88.6 cm³/mol. The Morgan fingerprint density at radius 2 is 2.12 bits per heavy atom. The summed E-state index contributed by atoms with van der Waals surface area (Å²) in [5.41, 5.74) is 8.89. The molecule has 124 valence electrons. The molecule has 1 aliphatic heterocycles. The molecule has 0 bridgehead atoms. The molecule has 0 saturated carbocycles. The first-order valence-electron chi connectivity index (χ1n) is 7.93. The van der Waals surface area contributed by atoms with Crippen molar-refractivity contribution in [1.29, 1.82) is 5.26 Å². The minimum absolute atomic E-state index is 0.0350. The van der Waals surface area contributed by atoms with E-state index in [-0.39, 0.29) is 11.6 Å². The summed E-state index contributed by atoms with van der Waals surface area (Å²) in [7, 11) is 0. The average Bonchev–Trinajstić information content (AvgIpc) is 3.16. The molecule has 0 fully saturated rings. The third-order valence-electron chi connectivity index (χ3n) is 4.57. The molecule has 1 unspecified atom stereocenters. The topological polar surface area (TPSA) is 125 Å². The van der Waals surface area contributed by atoms with E-state index in [0.29, 0.717) is 29.9 Å². The largest absolute Gasteiger partial charge is 0.384 e. The molecule has 2 aromatic heterocycles.